The van der Waals surface area contributed by atoms with Gasteiger partial charge >= 0.3 is 0 Å². The molecule has 23 heavy (non-hydrogen) atoms. The number of quaternary nitrogens is 1. The van der Waals surface area contributed by atoms with Crippen LogP contribution in [0.15, 0.2) is 0 Å². The van der Waals surface area contributed by atoms with Gasteiger partial charge in [-0.1, -0.05) is 78.6 Å². The largest absolute Gasteiger partial charge is 0.326 e. The van der Waals surface area contributed by atoms with Gasteiger partial charge in [0, 0.05) is 0 Å². The van der Waals surface area contributed by atoms with Crippen LogP contribution in [0.5, 0.6) is 0 Å². The molecule has 0 aromatic heterocycles. The zero-order valence-corrected chi connectivity index (χ0v) is 17.2. The molecule has 0 bridgehead atoms. The maximum atomic E-state index is 2.54. The van der Waals surface area contributed by atoms with Crippen molar-refractivity contribution in [3.05, 3.63) is 0 Å². The highest BCUT2D eigenvalue weighted by Crippen LogP contribution is 2.15. The SMILES string of the molecule is CCCCCCC[N+](C)(CCCCCCC)CCCCCCC. The molecule has 0 aliphatic rings. The molecule has 0 aromatic rings. The molecule has 0 rings (SSSR count). The van der Waals surface area contributed by atoms with E-state index in [4.69, 9.17) is 0 Å². The van der Waals surface area contributed by atoms with Crippen LogP contribution in [0, 0.1) is 0 Å². The molecule has 0 aliphatic heterocycles. The van der Waals surface area contributed by atoms with Crippen LogP contribution in [-0.2, 0) is 0 Å². The molecular formula is C22H48N+. The van der Waals surface area contributed by atoms with Gasteiger partial charge in [-0.25, -0.2) is 0 Å². The van der Waals surface area contributed by atoms with Crippen LogP contribution in [0.25, 0.3) is 0 Å². The van der Waals surface area contributed by atoms with E-state index in [0.29, 0.717) is 0 Å². The van der Waals surface area contributed by atoms with Gasteiger partial charge in [0.1, 0.15) is 0 Å². The quantitative estimate of drug-likeness (QED) is 0.182. The van der Waals surface area contributed by atoms with E-state index >= 15 is 0 Å². The van der Waals surface area contributed by atoms with Crippen molar-refractivity contribution in [3.8, 4) is 0 Å². The number of nitrogens with zero attached hydrogens (tertiary/aromatic N) is 1. The van der Waals surface area contributed by atoms with E-state index in [1.54, 1.807) is 0 Å². The Hall–Kier alpha value is -0.0400. The first-order valence-corrected chi connectivity index (χ1v) is 11.0. The van der Waals surface area contributed by atoms with Gasteiger partial charge in [0.2, 0.25) is 0 Å². The van der Waals surface area contributed by atoms with Crippen molar-refractivity contribution in [2.45, 2.75) is 117 Å². The van der Waals surface area contributed by atoms with E-state index in [-0.39, 0.29) is 0 Å². The summed E-state index contributed by atoms with van der Waals surface area (Å²) in [5, 5.41) is 0. The molecular weight excluding hydrogens is 278 g/mol. The predicted molar refractivity (Wildman–Crippen MR) is 107 cm³/mol. The van der Waals surface area contributed by atoms with Gasteiger partial charge in [-0.3, -0.25) is 0 Å². The summed E-state index contributed by atoms with van der Waals surface area (Å²) in [6.07, 6.45) is 21.4. The van der Waals surface area contributed by atoms with E-state index in [0.717, 1.165) is 0 Å². The Kier molecular flexibility index (Phi) is 16.8. The molecule has 0 N–H and O–H groups in total. The third-order valence-electron chi connectivity index (χ3n) is 5.40. The Morgan fingerprint density at radius 3 is 0.913 bits per heavy atom. The van der Waals surface area contributed by atoms with Crippen LogP contribution in [0.1, 0.15) is 117 Å². The smallest absolute Gasteiger partial charge is 0.0784 e. The lowest BCUT2D eigenvalue weighted by atomic mass is 10.1. The van der Waals surface area contributed by atoms with E-state index in [1.807, 2.05) is 0 Å². The van der Waals surface area contributed by atoms with E-state index in [1.165, 1.54) is 120 Å². The first kappa shape index (κ1) is 23.0. The lowest BCUT2D eigenvalue weighted by Crippen LogP contribution is -2.46. The van der Waals surface area contributed by atoms with Crippen molar-refractivity contribution in [1.82, 2.24) is 0 Å². The average Bonchev–Trinajstić information content (AvgIpc) is 2.54. The molecule has 0 amide bonds. The maximum absolute atomic E-state index is 2.54. The van der Waals surface area contributed by atoms with Gasteiger partial charge in [-0.15, -0.1) is 0 Å². The molecule has 140 valence electrons. The summed E-state index contributed by atoms with van der Waals surface area (Å²) in [4.78, 5) is 0. The van der Waals surface area contributed by atoms with Crippen molar-refractivity contribution in [1.29, 1.82) is 0 Å². The third kappa shape index (κ3) is 15.2. The van der Waals surface area contributed by atoms with Crippen molar-refractivity contribution >= 4 is 0 Å². The molecule has 0 aliphatic carbocycles. The second-order valence-corrected chi connectivity index (χ2v) is 8.03. The number of unbranched alkanes of at least 4 members (excludes halogenated alkanes) is 12. The minimum absolute atomic E-state index is 1.35. The fourth-order valence-corrected chi connectivity index (χ4v) is 3.63. The highest BCUT2D eigenvalue weighted by atomic mass is 15.3. The lowest BCUT2D eigenvalue weighted by Gasteiger charge is -2.35. The zero-order chi connectivity index (χ0) is 17.2. The number of hydrogen-bond donors (Lipinski definition) is 0. The van der Waals surface area contributed by atoms with Crippen molar-refractivity contribution in [2.75, 3.05) is 26.7 Å². The summed E-state index contributed by atoms with van der Waals surface area (Å²) in [6.45, 7) is 11.2. The Morgan fingerprint density at radius 2 is 0.652 bits per heavy atom. The van der Waals surface area contributed by atoms with Gasteiger partial charge in [-0.2, -0.15) is 0 Å². The highest BCUT2D eigenvalue weighted by Gasteiger charge is 2.19. The standard InChI is InChI=1S/C22H48N/c1-5-8-11-14-17-20-23(4,21-18-15-12-9-6-2)22-19-16-13-10-7-3/h5-22H2,1-4H3/q+1. The van der Waals surface area contributed by atoms with Crippen molar-refractivity contribution in [3.63, 3.8) is 0 Å². The molecule has 0 saturated carbocycles. The van der Waals surface area contributed by atoms with Gasteiger partial charge in [0.15, 0.2) is 0 Å². The zero-order valence-electron chi connectivity index (χ0n) is 17.2. The molecule has 0 unspecified atom stereocenters. The van der Waals surface area contributed by atoms with E-state index < -0.39 is 0 Å². The first-order valence-electron chi connectivity index (χ1n) is 11.0. The molecule has 0 radical (unpaired) electrons. The molecule has 1 heteroatoms. The Labute approximate surface area is 148 Å². The van der Waals surface area contributed by atoms with Gasteiger partial charge in [0.25, 0.3) is 0 Å². The van der Waals surface area contributed by atoms with Crippen LogP contribution < -0.4 is 0 Å². The highest BCUT2D eigenvalue weighted by molar-refractivity contribution is 4.50. The van der Waals surface area contributed by atoms with Crippen molar-refractivity contribution in [2.24, 2.45) is 0 Å². The molecule has 0 aromatic carbocycles. The fourth-order valence-electron chi connectivity index (χ4n) is 3.63. The summed E-state index contributed by atoms with van der Waals surface area (Å²) in [6, 6.07) is 0. The number of hydrogen-bond acceptors (Lipinski definition) is 0. The van der Waals surface area contributed by atoms with Crippen LogP contribution in [0.4, 0.5) is 0 Å². The van der Waals surface area contributed by atoms with Crippen LogP contribution >= 0.6 is 0 Å². The molecule has 0 fully saturated rings. The topological polar surface area (TPSA) is 0 Å². The van der Waals surface area contributed by atoms with Gasteiger partial charge < -0.3 is 4.48 Å². The minimum Gasteiger partial charge on any atom is -0.326 e. The van der Waals surface area contributed by atoms with Gasteiger partial charge in [0.05, 0.1) is 26.7 Å². The number of rotatable bonds is 18. The molecule has 0 spiro atoms. The Bertz CT molecular complexity index is 188. The predicted octanol–water partition coefficient (Wildman–Crippen LogP) is 7.34. The Morgan fingerprint density at radius 1 is 0.391 bits per heavy atom. The normalized spacial score (nSPS) is 12.0. The van der Waals surface area contributed by atoms with Crippen LogP contribution in [-0.4, -0.2) is 31.2 Å². The Balaban J connectivity index is 4.00. The fraction of sp³-hybridized carbons (Fsp3) is 1.00. The van der Waals surface area contributed by atoms with E-state index in [2.05, 4.69) is 27.8 Å². The summed E-state index contributed by atoms with van der Waals surface area (Å²) in [5.74, 6) is 0. The summed E-state index contributed by atoms with van der Waals surface area (Å²) >= 11 is 0. The molecule has 0 saturated heterocycles. The summed E-state index contributed by atoms with van der Waals surface area (Å²) < 4.78 is 1.35. The third-order valence-corrected chi connectivity index (χ3v) is 5.40. The maximum Gasteiger partial charge on any atom is 0.0784 e. The summed E-state index contributed by atoms with van der Waals surface area (Å²) in [5.41, 5.74) is 0. The lowest BCUT2D eigenvalue weighted by molar-refractivity contribution is -0.910. The van der Waals surface area contributed by atoms with E-state index in [9.17, 15) is 0 Å². The average molecular weight is 327 g/mol. The summed E-state index contributed by atoms with van der Waals surface area (Å²) in [7, 11) is 2.54. The first-order chi connectivity index (χ1) is 11.2. The molecule has 0 atom stereocenters. The van der Waals surface area contributed by atoms with Gasteiger partial charge in [-0.05, 0) is 38.5 Å². The second-order valence-electron chi connectivity index (χ2n) is 8.03. The van der Waals surface area contributed by atoms with Crippen LogP contribution in [0.2, 0.25) is 0 Å². The van der Waals surface area contributed by atoms with Crippen molar-refractivity contribution < 1.29 is 4.48 Å². The molecule has 1 nitrogen and oxygen atoms in total. The molecule has 0 heterocycles. The minimum atomic E-state index is 1.35. The second kappa shape index (κ2) is 16.8. The monoisotopic (exact) mass is 326 g/mol. The van der Waals surface area contributed by atoms with Crippen LogP contribution in [0.3, 0.4) is 0 Å².